The molecule has 1 spiro atoms. The smallest absolute Gasteiger partial charge is 0.225 e. The van der Waals surface area contributed by atoms with E-state index in [1.165, 1.54) is 0 Å². The molecule has 2 bridgehead atoms. The van der Waals surface area contributed by atoms with Gasteiger partial charge in [-0.15, -0.1) is 0 Å². The minimum absolute atomic E-state index is 0.0274. The number of halogens is 2. The molecular formula is C18H17Br2N3O3. The molecule has 2 aliphatic carbocycles. The zero-order valence-electron chi connectivity index (χ0n) is 13.7. The first-order valence-electron chi connectivity index (χ1n) is 8.89. The Bertz CT molecular complexity index is 952. The van der Waals surface area contributed by atoms with Crippen LogP contribution in [0.15, 0.2) is 26.4 Å². The summed E-state index contributed by atoms with van der Waals surface area (Å²) >= 11 is 7.12. The number of ketones is 1. The van der Waals surface area contributed by atoms with E-state index < -0.39 is 17.6 Å². The Balaban J connectivity index is 1.73. The Morgan fingerprint density at radius 2 is 2.12 bits per heavy atom. The maximum absolute atomic E-state index is 13.2. The molecule has 0 saturated carbocycles. The summed E-state index contributed by atoms with van der Waals surface area (Å²) in [7, 11) is 0. The molecule has 3 aliphatic heterocycles. The number of carbonyl (C=O) groups is 1. The Hall–Kier alpha value is -0.930. The summed E-state index contributed by atoms with van der Waals surface area (Å²) in [6.07, 6.45) is 1.94. The second-order valence-corrected chi connectivity index (χ2v) is 9.55. The number of fused-ring (bicyclic) bond motifs is 2. The van der Waals surface area contributed by atoms with Crippen LogP contribution in [0.2, 0.25) is 0 Å². The Labute approximate surface area is 166 Å². The first-order chi connectivity index (χ1) is 12.5. The van der Waals surface area contributed by atoms with Crippen LogP contribution in [0, 0.1) is 5.41 Å². The molecule has 5 aliphatic rings. The molecule has 0 amide bonds. The summed E-state index contributed by atoms with van der Waals surface area (Å²) in [5.74, 6) is -0.0274. The summed E-state index contributed by atoms with van der Waals surface area (Å²) in [4.78, 5) is 18.7. The molecule has 0 radical (unpaired) electrons. The minimum Gasteiger partial charge on any atom is -0.390 e. The van der Waals surface area contributed by atoms with Crippen LogP contribution in [0.5, 0.6) is 0 Å². The fraction of sp³-hybridized carbons (Fsp3) is 0.500. The van der Waals surface area contributed by atoms with Crippen molar-refractivity contribution in [3.8, 4) is 0 Å². The predicted molar refractivity (Wildman–Crippen MR) is 101 cm³/mol. The number of nitrogens with one attached hydrogen (secondary N) is 2. The predicted octanol–water partition coefficient (Wildman–Crippen LogP) is 1.50. The lowest BCUT2D eigenvalue weighted by molar-refractivity contribution is -0.108. The first kappa shape index (κ1) is 16.1. The van der Waals surface area contributed by atoms with E-state index in [0.717, 1.165) is 34.3 Å². The van der Waals surface area contributed by atoms with Gasteiger partial charge in [-0.05, 0) is 39.9 Å². The first-order valence-corrected chi connectivity index (χ1v) is 10.5. The molecule has 4 N–H and O–H groups in total. The number of H-pyrrole nitrogens is 1. The van der Waals surface area contributed by atoms with Crippen LogP contribution >= 0.6 is 31.9 Å². The molecule has 26 heavy (non-hydrogen) atoms. The molecule has 5 unspecified atom stereocenters. The number of piperidine rings is 1. The number of hydrogen-bond acceptors (Lipinski definition) is 5. The number of aliphatic hydroxyl groups is 2. The summed E-state index contributed by atoms with van der Waals surface area (Å²) < 4.78 is 1.58. The van der Waals surface area contributed by atoms with Crippen molar-refractivity contribution in [2.24, 2.45) is 5.41 Å². The second kappa shape index (κ2) is 4.91. The second-order valence-electron chi connectivity index (χ2n) is 7.84. The molecular weight excluding hydrogens is 466 g/mol. The fourth-order valence-corrected chi connectivity index (χ4v) is 7.16. The lowest BCUT2D eigenvalue weighted by Crippen LogP contribution is -2.69. The molecule has 4 heterocycles. The standard InChI is InChI=1S/C18H17Br2N3O3/c19-7-5-18-2-3-21-11-9(18)12-8-6(17(20)22-10(8)15(11)25)1-4-23(12)13(14(7)24)16(18)26/h5,12-14,16,21-22,24,26H,1-4H2. The molecule has 6 nitrogen and oxygen atoms in total. The maximum Gasteiger partial charge on any atom is 0.225 e. The fourth-order valence-electron chi connectivity index (χ4n) is 5.87. The Morgan fingerprint density at radius 1 is 1.31 bits per heavy atom. The van der Waals surface area contributed by atoms with E-state index in [-0.39, 0.29) is 17.9 Å². The quantitative estimate of drug-likeness (QED) is 0.450. The molecule has 1 aromatic rings. The van der Waals surface area contributed by atoms with Crippen molar-refractivity contribution < 1.29 is 15.0 Å². The topological polar surface area (TPSA) is 88.6 Å². The summed E-state index contributed by atoms with van der Waals surface area (Å²) in [6, 6.07) is -0.470. The molecule has 1 fully saturated rings. The Kier molecular flexibility index (Phi) is 3.03. The zero-order valence-corrected chi connectivity index (χ0v) is 16.9. The van der Waals surface area contributed by atoms with Crippen molar-refractivity contribution in [2.45, 2.75) is 37.1 Å². The van der Waals surface area contributed by atoms with Gasteiger partial charge in [-0.1, -0.05) is 22.0 Å². The third-order valence-electron chi connectivity index (χ3n) is 6.89. The van der Waals surface area contributed by atoms with E-state index in [9.17, 15) is 15.0 Å². The van der Waals surface area contributed by atoms with Crippen molar-refractivity contribution in [1.82, 2.24) is 15.2 Å². The molecule has 8 heteroatoms. The third kappa shape index (κ3) is 1.59. The SMILES string of the molecule is O=C1C2=C3C4c5c1[nH]c(Br)c5CCN4C1C(O)C(Br)=CC3(CCN2)C1O. The highest BCUT2D eigenvalue weighted by molar-refractivity contribution is 9.11. The highest BCUT2D eigenvalue weighted by atomic mass is 79.9. The number of carbonyl (C=O) groups excluding carboxylic acids is 1. The van der Waals surface area contributed by atoms with Crippen LogP contribution < -0.4 is 5.32 Å². The average Bonchev–Trinajstić information content (AvgIpc) is 2.96. The molecule has 6 rings (SSSR count). The van der Waals surface area contributed by atoms with E-state index in [1.54, 1.807) is 0 Å². The van der Waals surface area contributed by atoms with Gasteiger partial charge in [0.15, 0.2) is 0 Å². The van der Waals surface area contributed by atoms with Gasteiger partial charge in [0, 0.05) is 28.6 Å². The van der Waals surface area contributed by atoms with Gasteiger partial charge < -0.3 is 20.5 Å². The van der Waals surface area contributed by atoms with Gasteiger partial charge in [-0.2, -0.15) is 0 Å². The van der Waals surface area contributed by atoms with Crippen LogP contribution in [-0.4, -0.2) is 57.2 Å². The van der Waals surface area contributed by atoms with Gasteiger partial charge in [0.1, 0.15) is 6.10 Å². The van der Waals surface area contributed by atoms with Crippen molar-refractivity contribution in [3.63, 3.8) is 0 Å². The van der Waals surface area contributed by atoms with E-state index in [0.29, 0.717) is 28.8 Å². The van der Waals surface area contributed by atoms with Gasteiger partial charge in [0.2, 0.25) is 5.78 Å². The van der Waals surface area contributed by atoms with E-state index in [1.807, 2.05) is 6.08 Å². The van der Waals surface area contributed by atoms with Crippen LogP contribution in [-0.2, 0) is 6.42 Å². The number of Topliss-reactive ketones (excluding diaryl/α,β-unsaturated/α-hetero) is 1. The molecule has 1 saturated heterocycles. The van der Waals surface area contributed by atoms with E-state index in [2.05, 4.69) is 47.1 Å². The number of aromatic nitrogens is 1. The number of hydrogen-bond donors (Lipinski definition) is 4. The van der Waals surface area contributed by atoms with Crippen LogP contribution in [0.25, 0.3) is 0 Å². The Morgan fingerprint density at radius 3 is 2.92 bits per heavy atom. The highest BCUT2D eigenvalue weighted by Gasteiger charge is 2.63. The van der Waals surface area contributed by atoms with Gasteiger partial charge in [0.25, 0.3) is 0 Å². The summed E-state index contributed by atoms with van der Waals surface area (Å²) in [5.41, 5.74) is 3.78. The number of nitrogens with zero attached hydrogens (tertiary/aromatic N) is 1. The van der Waals surface area contributed by atoms with Crippen molar-refractivity contribution in [2.75, 3.05) is 13.1 Å². The van der Waals surface area contributed by atoms with Crippen molar-refractivity contribution in [3.05, 3.63) is 43.3 Å². The summed E-state index contributed by atoms with van der Waals surface area (Å²) in [6.45, 7) is 1.35. The van der Waals surface area contributed by atoms with Gasteiger partial charge in [0.05, 0.1) is 34.2 Å². The van der Waals surface area contributed by atoms with Gasteiger partial charge in [-0.25, -0.2) is 0 Å². The zero-order chi connectivity index (χ0) is 18.0. The normalized spacial score (nSPS) is 40.2. The van der Waals surface area contributed by atoms with Crippen molar-refractivity contribution >= 4 is 37.6 Å². The average molecular weight is 483 g/mol. The lowest BCUT2D eigenvalue weighted by atomic mass is 9.56. The number of rotatable bonds is 0. The monoisotopic (exact) mass is 481 g/mol. The van der Waals surface area contributed by atoms with E-state index in [4.69, 9.17) is 0 Å². The number of allylic oxidation sites excluding steroid dienone is 1. The highest BCUT2D eigenvalue weighted by Crippen LogP contribution is 2.61. The van der Waals surface area contributed by atoms with Crippen LogP contribution in [0.3, 0.4) is 0 Å². The van der Waals surface area contributed by atoms with Crippen molar-refractivity contribution in [1.29, 1.82) is 0 Å². The van der Waals surface area contributed by atoms with Gasteiger partial charge in [-0.3, -0.25) is 9.69 Å². The number of aromatic amines is 1. The van der Waals surface area contributed by atoms with Gasteiger partial charge >= 0.3 is 0 Å². The van der Waals surface area contributed by atoms with Crippen LogP contribution in [0.1, 0.15) is 34.1 Å². The molecule has 1 aromatic heterocycles. The largest absolute Gasteiger partial charge is 0.390 e. The molecule has 5 atom stereocenters. The molecule has 136 valence electrons. The number of aliphatic hydroxyl groups excluding tert-OH is 2. The third-order valence-corrected chi connectivity index (χ3v) is 8.27. The maximum atomic E-state index is 13.2. The van der Waals surface area contributed by atoms with Crippen LogP contribution in [0.4, 0.5) is 0 Å². The molecule has 0 aromatic carbocycles. The summed E-state index contributed by atoms with van der Waals surface area (Å²) in [5, 5.41) is 25.5. The minimum atomic E-state index is -0.763. The lowest BCUT2D eigenvalue weighted by Gasteiger charge is -2.62. The van der Waals surface area contributed by atoms with E-state index >= 15 is 0 Å².